The summed E-state index contributed by atoms with van der Waals surface area (Å²) in [5, 5.41) is 18.3. The zero-order valence-corrected chi connectivity index (χ0v) is 11.7. The summed E-state index contributed by atoms with van der Waals surface area (Å²) in [5.41, 5.74) is 0.147. The molecule has 1 unspecified atom stereocenters. The maximum absolute atomic E-state index is 11.1. The standard InChI is InChI=1S/C14H16N4O3/c1-14(7-4-8-15-9-14)13-16-12(17-21-13)10-5-2-3-6-11(10)18(19)20/h2-3,5-6,15H,4,7-9H2,1H3. The van der Waals surface area contributed by atoms with Gasteiger partial charge in [-0.25, -0.2) is 0 Å². The van der Waals surface area contributed by atoms with E-state index in [1.807, 2.05) is 0 Å². The molecule has 21 heavy (non-hydrogen) atoms. The van der Waals surface area contributed by atoms with Crippen molar-refractivity contribution in [3.63, 3.8) is 0 Å². The van der Waals surface area contributed by atoms with Crippen molar-refractivity contribution in [1.82, 2.24) is 15.5 Å². The van der Waals surface area contributed by atoms with Crippen LogP contribution in [-0.2, 0) is 5.41 Å². The topological polar surface area (TPSA) is 94.1 Å². The van der Waals surface area contributed by atoms with Gasteiger partial charge in [-0.1, -0.05) is 17.3 Å². The second kappa shape index (κ2) is 5.25. The molecule has 1 fully saturated rings. The van der Waals surface area contributed by atoms with Crippen molar-refractivity contribution in [3.8, 4) is 11.4 Å². The van der Waals surface area contributed by atoms with Gasteiger partial charge in [0.05, 0.1) is 10.3 Å². The van der Waals surface area contributed by atoms with E-state index in [-0.39, 0.29) is 16.9 Å². The summed E-state index contributed by atoms with van der Waals surface area (Å²) in [6.07, 6.45) is 2.00. The number of benzene rings is 1. The van der Waals surface area contributed by atoms with Crippen LogP contribution in [0.4, 0.5) is 5.69 Å². The number of nitrogens with one attached hydrogen (secondary N) is 1. The van der Waals surface area contributed by atoms with E-state index in [0.717, 1.165) is 25.9 Å². The zero-order chi connectivity index (χ0) is 14.9. The molecular formula is C14H16N4O3. The van der Waals surface area contributed by atoms with E-state index in [1.54, 1.807) is 18.2 Å². The lowest BCUT2D eigenvalue weighted by Gasteiger charge is -2.30. The van der Waals surface area contributed by atoms with Gasteiger partial charge in [0.2, 0.25) is 11.7 Å². The molecule has 1 aliphatic rings. The summed E-state index contributed by atoms with van der Waals surface area (Å²) in [5.74, 6) is 0.798. The highest BCUT2D eigenvalue weighted by atomic mass is 16.6. The van der Waals surface area contributed by atoms with Crippen molar-refractivity contribution < 1.29 is 9.45 Å². The van der Waals surface area contributed by atoms with E-state index in [0.29, 0.717) is 11.5 Å². The highest BCUT2D eigenvalue weighted by Crippen LogP contribution is 2.33. The highest BCUT2D eigenvalue weighted by molar-refractivity contribution is 5.67. The monoisotopic (exact) mass is 288 g/mol. The number of piperidine rings is 1. The molecule has 1 N–H and O–H groups in total. The second-order valence-electron chi connectivity index (χ2n) is 5.54. The van der Waals surface area contributed by atoms with Crippen LogP contribution in [0.25, 0.3) is 11.4 Å². The number of aromatic nitrogens is 2. The maximum atomic E-state index is 11.1. The smallest absolute Gasteiger partial charge is 0.280 e. The molecule has 1 saturated heterocycles. The number of rotatable bonds is 3. The number of hydrogen-bond donors (Lipinski definition) is 1. The summed E-state index contributed by atoms with van der Waals surface area (Å²) in [7, 11) is 0. The fraction of sp³-hybridized carbons (Fsp3) is 0.429. The molecule has 1 aromatic carbocycles. The van der Waals surface area contributed by atoms with Crippen LogP contribution in [-0.4, -0.2) is 28.2 Å². The van der Waals surface area contributed by atoms with Crippen LogP contribution in [0.5, 0.6) is 0 Å². The third-order valence-electron chi connectivity index (χ3n) is 3.88. The summed E-state index contributed by atoms with van der Waals surface area (Å²) in [6.45, 7) is 3.82. The molecule has 3 rings (SSSR count). The molecule has 0 spiro atoms. The third kappa shape index (κ3) is 2.52. The fourth-order valence-corrected chi connectivity index (χ4v) is 2.64. The Bertz CT molecular complexity index is 662. The molecule has 2 heterocycles. The second-order valence-corrected chi connectivity index (χ2v) is 5.54. The largest absolute Gasteiger partial charge is 0.338 e. The Kier molecular flexibility index (Phi) is 3.42. The minimum atomic E-state index is -0.435. The van der Waals surface area contributed by atoms with E-state index in [4.69, 9.17) is 4.52 Å². The zero-order valence-electron chi connectivity index (χ0n) is 11.7. The Morgan fingerprint density at radius 2 is 2.24 bits per heavy atom. The number of nitro groups is 1. The third-order valence-corrected chi connectivity index (χ3v) is 3.88. The van der Waals surface area contributed by atoms with Gasteiger partial charge in [-0.3, -0.25) is 10.1 Å². The van der Waals surface area contributed by atoms with E-state index in [9.17, 15) is 10.1 Å². The van der Waals surface area contributed by atoms with E-state index in [1.165, 1.54) is 6.07 Å². The van der Waals surface area contributed by atoms with Gasteiger partial charge >= 0.3 is 0 Å². The summed E-state index contributed by atoms with van der Waals surface area (Å²) in [6, 6.07) is 6.42. The molecule has 2 aromatic rings. The molecule has 0 amide bonds. The highest BCUT2D eigenvalue weighted by Gasteiger charge is 2.35. The number of nitro benzene ring substituents is 1. The SMILES string of the molecule is CC1(c2nc(-c3ccccc3[N+](=O)[O-])no2)CCCNC1. The van der Waals surface area contributed by atoms with E-state index >= 15 is 0 Å². The molecule has 0 aliphatic carbocycles. The quantitative estimate of drug-likeness (QED) is 0.688. The summed E-state index contributed by atoms with van der Waals surface area (Å²) in [4.78, 5) is 15.0. The molecular weight excluding hydrogens is 272 g/mol. The molecule has 1 aliphatic heterocycles. The van der Waals surface area contributed by atoms with Crippen molar-refractivity contribution in [3.05, 3.63) is 40.3 Å². The maximum Gasteiger partial charge on any atom is 0.280 e. The summed E-state index contributed by atoms with van der Waals surface area (Å²) < 4.78 is 5.37. The summed E-state index contributed by atoms with van der Waals surface area (Å²) >= 11 is 0. The average Bonchev–Trinajstić information content (AvgIpc) is 2.98. The predicted octanol–water partition coefficient (Wildman–Crippen LogP) is 2.29. The lowest BCUT2D eigenvalue weighted by Crippen LogP contribution is -2.41. The normalized spacial score (nSPS) is 22.1. The fourth-order valence-electron chi connectivity index (χ4n) is 2.64. The first-order valence-electron chi connectivity index (χ1n) is 6.89. The number of nitrogens with zero attached hydrogens (tertiary/aromatic N) is 3. The van der Waals surface area contributed by atoms with Crippen LogP contribution in [0.15, 0.2) is 28.8 Å². The van der Waals surface area contributed by atoms with Crippen molar-refractivity contribution in [2.45, 2.75) is 25.2 Å². The van der Waals surface area contributed by atoms with Gasteiger partial charge in [-0.15, -0.1) is 0 Å². The van der Waals surface area contributed by atoms with Crippen LogP contribution in [0, 0.1) is 10.1 Å². The van der Waals surface area contributed by atoms with Crippen LogP contribution in [0.2, 0.25) is 0 Å². The van der Waals surface area contributed by atoms with Crippen molar-refractivity contribution in [1.29, 1.82) is 0 Å². The minimum absolute atomic E-state index is 0.0169. The lowest BCUT2D eigenvalue weighted by molar-refractivity contribution is -0.384. The Balaban J connectivity index is 1.97. The van der Waals surface area contributed by atoms with Crippen LogP contribution in [0.1, 0.15) is 25.7 Å². The van der Waals surface area contributed by atoms with Gasteiger partial charge in [0.15, 0.2) is 0 Å². The van der Waals surface area contributed by atoms with Gasteiger partial charge < -0.3 is 9.84 Å². The number of para-hydroxylation sites is 1. The molecule has 1 atom stereocenters. The average molecular weight is 288 g/mol. The van der Waals surface area contributed by atoms with Crippen molar-refractivity contribution in [2.24, 2.45) is 0 Å². The first-order chi connectivity index (χ1) is 10.1. The first-order valence-corrected chi connectivity index (χ1v) is 6.89. The van der Waals surface area contributed by atoms with Gasteiger partial charge in [-0.05, 0) is 32.4 Å². The van der Waals surface area contributed by atoms with Gasteiger partial charge in [-0.2, -0.15) is 4.98 Å². The van der Waals surface area contributed by atoms with Gasteiger partial charge in [0.25, 0.3) is 5.69 Å². The Hall–Kier alpha value is -2.28. The molecule has 1 aromatic heterocycles. The Labute approximate surface area is 121 Å². The molecule has 0 saturated carbocycles. The van der Waals surface area contributed by atoms with Crippen LogP contribution >= 0.6 is 0 Å². The van der Waals surface area contributed by atoms with E-state index < -0.39 is 4.92 Å². The van der Waals surface area contributed by atoms with Gasteiger partial charge in [0, 0.05) is 12.6 Å². The first kappa shape index (κ1) is 13.7. The van der Waals surface area contributed by atoms with E-state index in [2.05, 4.69) is 22.4 Å². The van der Waals surface area contributed by atoms with Crippen molar-refractivity contribution >= 4 is 5.69 Å². The molecule has 7 nitrogen and oxygen atoms in total. The van der Waals surface area contributed by atoms with Crippen LogP contribution in [0.3, 0.4) is 0 Å². The lowest BCUT2D eigenvalue weighted by atomic mass is 9.83. The molecule has 0 radical (unpaired) electrons. The van der Waals surface area contributed by atoms with Gasteiger partial charge in [0.1, 0.15) is 5.56 Å². The predicted molar refractivity (Wildman–Crippen MR) is 75.8 cm³/mol. The Morgan fingerprint density at radius 1 is 1.43 bits per heavy atom. The van der Waals surface area contributed by atoms with Crippen molar-refractivity contribution in [2.75, 3.05) is 13.1 Å². The molecule has 7 heteroatoms. The molecule has 0 bridgehead atoms. The Morgan fingerprint density at radius 3 is 2.95 bits per heavy atom. The van der Waals surface area contributed by atoms with Crippen LogP contribution < -0.4 is 5.32 Å². The minimum Gasteiger partial charge on any atom is -0.338 e. The number of hydrogen-bond acceptors (Lipinski definition) is 6. The molecule has 110 valence electrons.